The maximum absolute atomic E-state index is 5.93. The molecule has 2 atom stereocenters. The minimum absolute atomic E-state index is 0.0194. The molecular weight excluding hydrogens is 436 g/mol. The highest BCUT2D eigenvalue weighted by atomic mass is 32.1. The summed E-state index contributed by atoms with van der Waals surface area (Å²) in [6.45, 7) is 10.8. The second-order valence-electron chi connectivity index (χ2n) is 9.34. The third-order valence-corrected chi connectivity index (χ3v) is 6.98. The summed E-state index contributed by atoms with van der Waals surface area (Å²) >= 11 is 5.93. The van der Waals surface area contributed by atoms with Crippen molar-refractivity contribution >= 4 is 23.0 Å². The Kier molecular flexibility index (Phi) is 5.74. The van der Waals surface area contributed by atoms with Gasteiger partial charge in [0.2, 0.25) is 0 Å². The van der Waals surface area contributed by atoms with Gasteiger partial charge in [0.1, 0.15) is 0 Å². The Bertz CT molecular complexity index is 1330. The molecule has 1 aliphatic rings. The van der Waals surface area contributed by atoms with Crippen molar-refractivity contribution in [3.63, 3.8) is 0 Å². The van der Waals surface area contributed by atoms with Gasteiger partial charge in [0, 0.05) is 29.0 Å². The average molecular weight is 467 g/mol. The van der Waals surface area contributed by atoms with Crippen LogP contribution in [0.2, 0.25) is 0 Å². The molecular formula is C29H30N4S. The molecule has 3 heterocycles. The molecule has 2 unspecified atom stereocenters. The van der Waals surface area contributed by atoms with Crippen LogP contribution in [0.3, 0.4) is 0 Å². The average Bonchev–Trinajstić information content (AvgIpc) is 3.30. The van der Waals surface area contributed by atoms with Gasteiger partial charge in [-0.25, -0.2) is 0 Å². The summed E-state index contributed by atoms with van der Waals surface area (Å²) in [5.74, 6) is 0. The van der Waals surface area contributed by atoms with Gasteiger partial charge in [0.25, 0.3) is 0 Å². The van der Waals surface area contributed by atoms with Crippen LogP contribution in [0.15, 0.2) is 72.9 Å². The molecule has 0 saturated carbocycles. The quantitative estimate of drug-likeness (QED) is 0.344. The topological polar surface area (TPSA) is 33.1 Å². The summed E-state index contributed by atoms with van der Waals surface area (Å²) in [4.78, 5) is 6.98. The molecule has 2 aromatic heterocycles. The van der Waals surface area contributed by atoms with Crippen LogP contribution in [0.25, 0.3) is 5.69 Å². The first-order valence-corrected chi connectivity index (χ1v) is 12.1. The lowest BCUT2D eigenvalue weighted by Gasteiger charge is -2.29. The summed E-state index contributed by atoms with van der Waals surface area (Å²) in [6, 6.07) is 23.6. The standard InChI is InChI=1S/C29H30N4S/c1-18-9-11-23(12-10-18)32-21(4)17-25(22(32)5)28-27(26-8-6-7-13-30-26)31-29(34)33(28)24-15-19(2)14-20(3)16-24/h6-17,27-28H,1-5H3,(H,31,34). The summed E-state index contributed by atoms with van der Waals surface area (Å²) in [7, 11) is 0. The fraction of sp³-hybridized carbons (Fsp3) is 0.241. The van der Waals surface area contributed by atoms with Gasteiger partial charge in [-0.2, -0.15) is 0 Å². The number of pyridine rings is 1. The number of rotatable bonds is 4. The van der Waals surface area contributed by atoms with E-state index in [4.69, 9.17) is 17.2 Å². The van der Waals surface area contributed by atoms with E-state index in [0.717, 1.165) is 16.5 Å². The predicted molar refractivity (Wildman–Crippen MR) is 144 cm³/mol. The molecule has 172 valence electrons. The maximum atomic E-state index is 5.93. The molecule has 1 aliphatic heterocycles. The molecule has 4 nitrogen and oxygen atoms in total. The number of benzene rings is 2. The Morgan fingerprint density at radius 1 is 0.794 bits per heavy atom. The molecule has 5 rings (SSSR count). The van der Waals surface area contributed by atoms with Crippen LogP contribution < -0.4 is 10.2 Å². The fourth-order valence-corrected chi connectivity index (χ4v) is 5.56. The Morgan fingerprint density at radius 3 is 2.15 bits per heavy atom. The third kappa shape index (κ3) is 3.90. The zero-order chi connectivity index (χ0) is 24.0. The molecule has 5 heteroatoms. The maximum Gasteiger partial charge on any atom is 0.174 e. The number of aromatic nitrogens is 2. The first-order valence-electron chi connectivity index (χ1n) is 11.7. The Labute approximate surface area is 207 Å². The highest BCUT2D eigenvalue weighted by molar-refractivity contribution is 7.80. The van der Waals surface area contributed by atoms with Crippen LogP contribution in [-0.2, 0) is 0 Å². The molecule has 0 radical (unpaired) electrons. The van der Waals surface area contributed by atoms with E-state index in [1.807, 2.05) is 18.3 Å². The van der Waals surface area contributed by atoms with E-state index < -0.39 is 0 Å². The molecule has 0 spiro atoms. The van der Waals surface area contributed by atoms with Crippen molar-refractivity contribution in [2.24, 2.45) is 0 Å². The van der Waals surface area contributed by atoms with E-state index in [2.05, 4.69) is 104 Å². The Morgan fingerprint density at radius 2 is 1.50 bits per heavy atom. The molecule has 0 aliphatic carbocycles. The number of nitrogens with zero attached hydrogens (tertiary/aromatic N) is 3. The van der Waals surface area contributed by atoms with Crippen molar-refractivity contribution in [3.05, 3.63) is 112 Å². The van der Waals surface area contributed by atoms with E-state index in [1.165, 1.54) is 39.3 Å². The van der Waals surface area contributed by atoms with Crippen LogP contribution in [-0.4, -0.2) is 14.7 Å². The fourth-order valence-electron chi connectivity index (χ4n) is 5.22. The molecule has 34 heavy (non-hydrogen) atoms. The van der Waals surface area contributed by atoms with Gasteiger partial charge < -0.3 is 14.8 Å². The lowest BCUT2D eigenvalue weighted by atomic mass is 9.96. The smallest absolute Gasteiger partial charge is 0.174 e. The van der Waals surface area contributed by atoms with Crippen molar-refractivity contribution < 1.29 is 0 Å². The second-order valence-corrected chi connectivity index (χ2v) is 9.73. The highest BCUT2D eigenvalue weighted by Gasteiger charge is 2.42. The van der Waals surface area contributed by atoms with E-state index >= 15 is 0 Å². The van der Waals surface area contributed by atoms with Gasteiger partial charge in [0.05, 0.1) is 17.8 Å². The molecule has 1 fully saturated rings. The van der Waals surface area contributed by atoms with Crippen LogP contribution in [0, 0.1) is 34.6 Å². The van der Waals surface area contributed by atoms with Gasteiger partial charge in [-0.05, 0) is 106 Å². The van der Waals surface area contributed by atoms with Crippen LogP contribution >= 0.6 is 12.2 Å². The van der Waals surface area contributed by atoms with Crippen molar-refractivity contribution in [2.75, 3.05) is 4.90 Å². The van der Waals surface area contributed by atoms with Crippen molar-refractivity contribution in [3.8, 4) is 5.69 Å². The van der Waals surface area contributed by atoms with Gasteiger partial charge in [-0.1, -0.05) is 29.8 Å². The lowest BCUT2D eigenvalue weighted by molar-refractivity contribution is 0.565. The molecule has 4 aromatic rings. The number of hydrogen-bond donors (Lipinski definition) is 1. The number of hydrogen-bond acceptors (Lipinski definition) is 2. The van der Waals surface area contributed by atoms with Gasteiger partial charge >= 0.3 is 0 Å². The van der Waals surface area contributed by atoms with Gasteiger partial charge in [0.15, 0.2) is 5.11 Å². The number of aryl methyl sites for hydroxylation is 4. The van der Waals surface area contributed by atoms with Gasteiger partial charge in [-0.3, -0.25) is 4.98 Å². The number of thiocarbonyl (C=S) groups is 1. The zero-order valence-electron chi connectivity index (χ0n) is 20.3. The van der Waals surface area contributed by atoms with E-state index in [9.17, 15) is 0 Å². The monoisotopic (exact) mass is 466 g/mol. The normalized spacial score (nSPS) is 17.8. The van der Waals surface area contributed by atoms with E-state index in [-0.39, 0.29) is 12.1 Å². The Balaban J connectivity index is 1.69. The van der Waals surface area contributed by atoms with E-state index in [0.29, 0.717) is 0 Å². The SMILES string of the molecule is Cc1ccc(-n2c(C)cc(C3C(c4ccccn4)NC(=S)N3c3cc(C)cc(C)c3)c2C)cc1. The molecule has 1 N–H and O–H groups in total. The first kappa shape index (κ1) is 22.4. The molecule has 0 bridgehead atoms. The van der Waals surface area contributed by atoms with Crippen molar-refractivity contribution in [2.45, 2.75) is 46.7 Å². The van der Waals surface area contributed by atoms with E-state index in [1.54, 1.807) is 0 Å². The van der Waals surface area contributed by atoms with Crippen LogP contribution in [0.1, 0.15) is 51.4 Å². The zero-order valence-corrected chi connectivity index (χ0v) is 21.1. The van der Waals surface area contributed by atoms with Crippen molar-refractivity contribution in [1.82, 2.24) is 14.9 Å². The number of anilines is 1. The summed E-state index contributed by atoms with van der Waals surface area (Å²) in [5.41, 5.74) is 10.6. The second kappa shape index (κ2) is 8.73. The first-order chi connectivity index (χ1) is 16.3. The summed E-state index contributed by atoms with van der Waals surface area (Å²) in [5, 5.41) is 4.32. The van der Waals surface area contributed by atoms with Crippen LogP contribution in [0.4, 0.5) is 5.69 Å². The van der Waals surface area contributed by atoms with Crippen LogP contribution in [0.5, 0.6) is 0 Å². The molecule has 0 amide bonds. The summed E-state index contributed by atoms with van der Waals surface area (Å²) < 4.78 is 2.34. The Hall–Kier alpha value is -3.44. The predicted octanol–water partition coefficient (Wildman–Crippen LogP) is 6.59. The molecule has 2 aromatic carbocycles. The van der Waals surface area contributed by atoms with Crippen molar-refractivity contribution in [1.29, 1.82) is 0 Å². The lowest BCUT2D eigenvalue weighted by Crippen LogP contribution is -2.29. The minimum Gasteiger partial charge on any atom is -0.351 e. The summed E-state index contributed by atoms with van der Waals surface area (Å²) in [6.07, 6.45) is 1.85. The molecule has 1 saturated heterocycles. The highest BCUT2D eigenvalue weighted by Crippen LogP contribution is 2.44. The number of nitrogens with one attached hydrogen (secondary N) is 1. The third-order valence-electron chi connectivity index (χ3n) is 6.66. The largest absolute Gasteiger partial charge is 0.351 e. The minimum atomic E-state index is -0.0542. The van der Waals surface area contributed by atoms with Gasteiger partial charge in [-0.15, -0.1) is 0 Å².